The van der Waals surface area contributed by atoms with Crippen LogP contribution >= 0.6 is 11.3 Å². The number of thiophene rings is 1. The zero-order chi connectivity index (χ0) is 11.5. The Morgan fingerprint density at radius 3 is 3.06 bits per heavy atom. The molecule has 3 atom stereocenters. The van der Waals surface area contributed by atoms with Crippen LogP contribution in [0.3, 0.4) is 0 Å². The third kappa shape index (κ3) is 2.42. The van der Waals surface area contributed by atoms with Crippen LogP contribution in [0.4, 0.5) is 0 Å². The first-order valence-electron chi connectivity index (χ1n) is 5.35. The van der Waals surface area contributed by atoms with Crippen molar-refractivity contribution < 1.29 is 9.53 Å². The van der Waals surface area contributed by atoms with Crippen molar-refractivity contribution in [3.8, 4) is 0 Å². The quantitative estimate of drug-likeness (QED) is 0.825. The molecule has 5 heteroatoms. The van der Waals surface area contributed by atoms with E-state index in [1.807, 2.05) is 24.4 Å². The number of nitrogens with one attached hydrogen (secondary N) is 1. The molecule has 2 heterocycles. The second-order valence-electron chi connectivity index (χ2n) is 4.05. The third-order valence-corrected chi connectivity index (χ3v) is 3.85. The number of hydrogen-bond donors (Lipinski definition) is 2. The van der Waals surface area contributed by atoms with Crippen molar-refractivity contribution in [1.29, 1.82) is 0 Å². The average molecular weight is 240 g/mol. The Balaban J connectivity index is 1.92. The minimum atomic E-state index is -0.206. The van der Waals surface area contributed by atoms with Crippen molar-refractivity contribution in [1.82, 2.24) is 5.32 Å². The molecule has 0 aliphatic carbocycles. The smallest absolute Gasteiger partial charge is 0.227 e. The SMILES string of the molecule is CC(NC(=O)C1COCC1N)c1cccs1. The Morgan fingerprint density at radius 2 is 2.50 bits per heavy atom. The van der Waals surface area contributed by atoms with Crippen LogP contribution in [0.1, 0.15) is 17.8 Å². The van der Waals surface area contributed by atoms with Crippen LogP contribution in [0.25, 0.3) is 0 Å². The molecule has 88 valence electrons. The van der Waals surface area contributed by atoms with E-state index in [1.54, 1.807) is 11.3 Å². The predicted molar refractivity (Wildman–Crippen MR) is 63.2 cm³/mol. The van der Waals surface area contributed by atoms with Crippen molar-refractivity contribution in [3.05, 3.63) is 22.4 Å². The molecule has 3 unspecified atom stereocenters. The Labute approximate surface area is 98.8 Å². The molecule has 1 aromatic heterocycles. The van der Waals surface area contributed by atoms with E-state index in [0.29, 0.717) is 13.2 Å². The number of nitrogens with two attached hydrogens (primary N) is 1. The third-order valence-electron chi connectivity index (χ3n) is 2.79. The molecule has 3 N–H and O–H groups in total. The maximum atomic E-state index is 11.9. The van der Waals surface area contributed by atoms with Gasteiger partial charge >= 0.3 is 0 Å². The average Bonchev–Trinajstić information content (AvgIpc) is 2.86. The highest BCUT2D eigenvalue weighted by atomic mass is 32.1. The summed E-state index contributed by atoms with van der Waals surface area (Å²) in [4.78, 5) is 13.0. The summed E-state index contributed by atoms with van der Waals surface area (Å²) in [5, 5.41) is 4.97. The predicted octanol–water partition coefficient (Wildman–Crippen LogP) is 0.899. The van der Waals surface area contributed by atoms with Crippen molar-refractivity contribution in [2.75, 3.05) is 13.2 Å². The molecule has 1 aromatic rings. The van der Waals surface area contributed by atoms with Crippen molar-refractivity contribution in [3.63, 3.8) is 0 Å². The van der Waals surface area contributed by atoms with Gasteiger partial charge in [0.15, 0.2) is 0 Å². The molecule has 0 spiro atoms. The topological polar surface area (TPSA) is 64.3 Å². The number of hydrogen-bond acceptors (Lipinski definition) is 4. The van der Waals surface area contributed by atoms with Gasteiger partial charge in [0.25, 0.3) is 0 Å². The fraction of sp³-hybridized carbons (Fsp3) is 0.545. The zero-order valence-corrected chi connectivity index (χ0v) is 10.00. The number of carbonyl (C=O) groups is 1. The van der Waals surface area contributed by atoms with Gasteiger partial charge in [-0.3, -0.25) is 4.79 Å². The molecule has 1 amide bonds. The summed E-state index contributed by atoms with van der Waals surface area (Å²) in [6, 6.07) is 3.86. The zero-order valence-electron chi connectivity index (χ0n) is 9.18. The molecule has 0 aromatic carbocycles. The fourth-order valence-electron chi connectivity index (χ4n) is 1.77. The van der Waals surface area contributed by atoms with Crippen LogP contribution in [0, 0.1) is 5.92 Å². The van der Waals surface area contributed by atoms with E-state index < -0.39 is 0 Å². The van der Waals surface area contributed by atoms with E-state index in [0.717, 1.165) is 4.88 Å². The van der Waals surface area contributed by atoms with Gasteiger partial charge in [0, 0.05) is 10.9 Å². The monoisotopic (exact) mass is 240 g/mol. The van der Waals surface area contributed by atoms with Gasteiger partial charge in [-0.05, 0) is 18.4 Å². The van der Waals surface area contributed by atoms with E-state index in [9.17, 15) is 4.79 Å². The summed E-state index contributed by atoms with van der Waals surface area (Å²) >= 11 is 1.64. The molecular weight excluding hydrogens is 224 g/mol. The lowest BCUT2D eigenvalue weighted by atomic mass is 10.0. The highest BCUT2D eigenvalue weighted by Crippen LogP contribution is 2.20. The van der Waals surface area contributed by atoms with E-state index >= 15 is 0 Å². The Morgan fingerprint density at radius 1 is 1.69 bits per heavy atom. The lowest BCUT2D eigenvalue weighted by molar-refractivity contribution is -0.125. The van der Waals surface area contributed by atoms with E-state index in [-0.39, 0.29) is 23.9 Å². The van der Waals surface area contributed by atoms with Crippen LogP contribution in [-0.4, -0.2) is 25.2 Å². The van der Waals surface area contributed by atoms with Crippen LogP contribution in [0.5, 0.6) is 0 Å². The van der Waals surface area contributed by atoms with Crippen LogP contribution < -0.4 is 11.1 Å². The maximum absolute atomic E-state index is 11.9. The Kier molecular flexibility index (Phi) is 3.58. The van der Waals surface area contributed by atoms with Gasteiger partial charge in [0.2, 0.25) is 5.91 Å². The highest BCUT2D eigenvalue weighted by Gasteiger charge is 2.31. The molecule has 1 fully saturated rings. The summed E-state index contributed by atoms with van der Waals surface area (Å²) in [6.45, 7) is 2.89. The van der Waals surface area contributed by atoms with Gasteiger partial charge < -0.3 is 15.8 Å². The molecule has 2 rings (SSSR count). The molecule has 1 aliphatic heterocycles. The fourth-order valence-corrected chi connectivity index (χ4v) is 2.50. The van der Waals surface area contributed by atoms with Gasteiger partial charge in [-0.1, -0.05) is 6.07 Å². The number of rotatable bonds is 3. The van der Waals surface area contributed by atoms with E-state index in [2.05, 4.69) is 5.32 Å². The maximum Gasteiger partial charge on any atom is 0.227 e. The summed E-state index contributed by atoms with van der Waals surface area (Å²) in [6.07, 6.45) is 0. The van der Waals surface area contributed by atoms with Crippen LogP contribution in [-0.2, 0) is 9.53 Å². The first-order chi connectivity index (χ1) is 7.68. The van der Waals surface area contributed by atoms with E-state index in [4.69, 9.17) is 10.5 Å². The highest BCUT2D eigenvalue weighted by molar-refractivity contribution is 7.10. The number of amides is 1. The van der Waals surface area contributed by atoms with Gasteiger partial charge in [-0.2, -0.15) is 0 Å². The lowest BCUT2D eigenvalue weighted by Crippen LogP contribution is -2.41. The minimum absolute atomic E-state index is 0.00843. The molecule has 0 bridgehead atoms. The minimum Gasteiger partial charge on any atom is -0.379 e. The van der Waals surface area contributed by atoms with Gasteiger partial charge in [0.05, 0.1) is 25.2 Å². The largest absolute Gasteiger partial charge is 0.379 e. The van der Waals surface area contributed by atoms with Crippen LogP contribution in [0.2, 0.25) is 0 Å². The second kappa shape index (κ2) is 4.95. The van der Waals surface area contributed by atoms with Crippen LogP contribution in [0.15, 0.2) is 17.5 Å². The Hall–Kier alpha value is -0.910. The molecule has 0 saturated carbocycles. The van der Waals surface area contributed by atoms with Gasteiger partial charge in [0.1, 0.15) is 0 Å². The first-order valence-corrected chi connectivity index (χ1v) is 6.23. The molecule has 1 saturated heterocycles. The molecule has 4 nitrogen and oxygen atoms in total. The summed E-state index contributed by atoms with van der Waals surface area (Å²) in [7, 11) is 0. The van der Waals surface area contributed by atoms with Crippen molar-refractivity contribution >= 4 is 17.2 Å². The molecule has 1 aliphatic rings. The van der Waals surface area contributed by atoms with E-state index in [1.165, 1.54) is 0 Å². The number of ether oxygens (including phenoxy) is 1. The normalized spacial score (nSPS) is 26.6. The molecule has 0 radical (unpaired) electrons. The first kappa shape index (κ1) is 11.6. The summed E-state index contributed by atoms with van der Waals surface area (Å²) < 4.78 is 5.18. The summed E-state index contributed by atoms with van der Waals surface area (Å²) in [5.41, 5.74) is 5.79. The Bertz CT molecular complexity index is 353. The summed E-state index contributed by atoms with van der Waals surface area (Å²) in [5.74, 6) is -0.215. The second-order valence-corrected chi connectivity index (χ2v) is 5.03. The van der Waals surface area contributed by atoms with Crippen molar-refractivity contribution in [2.24, 2.45) is 11.7 Å². The molecular formula is C11H16N2O2S. The lowest BCUT2D eigenvalue weighted by Gasteiger charge is -2.17. The van der Waals surface area contributed by atoms with Crippen molar-refractivity contribution in [2.45, 2.75) is 19.0 Å². The number of carbonyl (C=O) groups excluding carboxylic acids is 1. The van der Waals surface area contributed by atoms with Gasteiger partial charge in [-0.25, -0.2) is 0 Å². The van der Waals surface area contributed by atoms with Gasteiger partial charge in [-0.15, -0.1) is 11.3 Å². The molecule has 16 heavy (non-hydrogen) atoms. The standard InChI is InChI=1S/C11H16N2O2S/c1-7(10-3-2-4-16-10)13-11(14)8-5-15-6-9(8)12/h2-4,7-9H,5-6,12H2,1H3,(H,13,14).